The number of hydrogen-bond acceptors (Lipinski definition) is 2. The fourth-order valence-electron chi connectivity index (χ4n) is 1.61. The van der Waals surface area contributed by atoms with Crippen LogP contribution in [0.3, 0.4) is 0 Å². The zero-order valence-corrected chi connectivity index (χ0v) is 9.46. The summed E-state index contributed by atoms with van der Waals surface area (Å²) in [5.41, 5.74) is 1.40. The van der Waals surface area contributed by atoms with E-state index in [1.807, 2.05) is 28.8 Å². The van der Waals surface area contributed by atoms with E-state index >= 15 is 0 Å². The van der Waals surface area contributed by atoms with Gasteiger partial charge in [-0.15, -0.1) is 0 Å². The first kappa shape index (κ1) is 11.3. The SMILES string of the molecule is COc1ccc(Cn2ccc(C(=O)O)c2)cc1. The third-order valence-electron chi connectivity index (χ3n) is 2.52. The number of benzene rings is 1. The highest BCUT2D eigenvalue weighted by molar-refractivity contribution is 5.87. The topological polar surface area (TPSA) is 51.5 Å². The van der Waals surface area contributed by atoms with Crippen LogP contribution in [-0.4, -0.2) is 22.8 Å². The second kappa shape index (κ2) is 4.74. The summed E-state index contributed by atoms with van der Waals surface area (Å²) in [6.45, 7) is 0.650. The molecule has 0 spiro atoms. The van der Waals surface area contributed by atoms with Crippen LogP contribution in [0.2, 0.25) is 0 Å². The average molecular weight is 231 g/mol. The zero-order chi connectivity index (χ0) is 12.3. The van der Waals surface area contributed by atoms with Gasteiger partial charge in [0.1, 0.15) is 5.75 Å². The van der Waals surface area contributed by atoms with Gasteiger partial charge in [0.25, 0.3) is 0 Å². The highest BCUT2D eigenvalue weighted by Gasteiger charge is 2.04. The van der Waals surface area contributed by atoms with Crippen LogP contribution in [0.1, 0.15) is 15.9 Å². The quantitative estimate of drug-likeness (QED) is 0.878. The van der Waals surface area contributed by atoms with Crippen molar-refractivity contribution in [2.24, 2.45) is 0 Å². The molecule has 0 fully saturated rings. The van der Waals surface area contributed by atoms with Gasteiger partial charge in [-0.05, 0) is 23.8 Å². The van der Waals surface area contributed by atoms with Gasteiger partial charge in [-0.2, -0.15) is 0 Å². The third-order valence-corrected chi connectivity index (χ3v) is 2.52. The van der Waals surface area contributed by atoms with E-state index in [1.165, 1.54) is 0 Å². The molecule has 0 amide bonds. The molecule has 0 atom stereocenters. The molecule has 0 aliphatic carbocycles. The maximum absolute atomic E-state index is 10.7. The summed E-state index contributed by atoms with van der Waals surface area (Å²) in [5.74, 6) is -0.0917. The number of ether oxygens (including phenoxy) is 1. The molecule has 1 N–H and O–H groups in total. The Balaban J connectivity index is 2.11. The van der Waals surface area contributed by atoms with Crippen molar-refractivity contribution in [3.05, 3.63) is 53.9 Å². The van der Waals surface area contributed by atoms with Crippen molar-refractivity contribution in [3.8, 4) is 5.75 Å². The highest BCUT2D eigenvalue weighted by Crippen LogP contribution is 2.13. The molecule has 17 heavy (non-hydrogen) atoms. The number of rotatable bonds is 4. The maximum atomic E-state index is 10.7. The third kappa shape index (κ3) is 2.66. The van der Waals surface area contributed by atoms with Crippen molar-refractivity contribution in [2.75, 3.05) is 7.11 Å². The summed E-state index contributed by atoms with van der Waals surface area (Å²) < 4.78 is 6.91. The van der Waals surface area contributed by atoms with E-state index in [0.717, 1.165) is 11.3 Å². The number of carboxylic acids is 1. The van der Waals surface area contributed by atoms with Crippen molar-refractivity contribution in [3.63, 3.8) is 0 Å². The van der Waals surface area contributed by atoms with Crippen LogP contribution in [0.5, 0.6) is 5.75 Å². The van der Waals surface area contributed by atoms with Gasteiger partial charge in [-0.1, -0.05) is 12.1 Å². The van der Waals surface area contributed by atoms with Gasteiger partial charge < -0.3 is 14.4 Å². The Bertz CT molecular complexity index is 514. The minimum Gasteiger partial charge on any atom is -0.497 e. The van der Waals surface area contributed by atoms with Crippen LogP contribution in [0.25, 0.3) is 0 Å². The first-order chi connectivity index (χ1) is 8.19. The minimum atomic E-state index is -0.904. The Morgan fingerprint density at radius 1 is 1.29 bits per heavy atom. The summed E-state index contributed by atoms with van der Waals surface area (Å²) in [6, 6.07) is 9.28. The summed E-state index contributed by atoms with van der Waals surface area (Å²) in [5, 5.41) is 8.80. The minimum absolute atomic E-state index is 0.304. The summed E-state index contributed by atoms with van der Waals surface area (Å²) >= 11 is 0. The molecule has 0 bridgehead atoms. The van der Waals surface area contributed by atoms with Gasteiger partial charge in [-0.25, -0.2) is 4.79 Å². The normalized spacial score (nSPS) is 10.2. The van der Waals surface area contributed by atoms with Crippen molar-refractivity contribution < 1.29 is 14.6 Å². The first-order valence-electron chi connectivity index (χ1n) is 5.21. The van der Waals surface area contributed by atoms with Crippen LogP contribution in [0.4, 0.5) is 0 Å². The van der Waals surface area contributed by atoms with Crippen molar-refractivity contribution in [2.45, 2.75) is 6.54 Å². The van der Waals surface area contributed by atoms with E-state index in [1.54, 1.807) is 25.6 Å². The summed E-state index contributed by atoms with van der Waals surface area (Å²) in [4.78, 5) is 10.7. The Morgan fingerprint density at radius 3 is 2.53 bits per heavy atom. The number of carbonyl (C=O) groups is 1. The molecule has 0 saturated heterocycles. The molecule has 4 heteroatoms. The molecular weight excluding hydrogens is 218 g/mol. The Hall–Kier alpha value is -2.23. The smallest absolute Gasteiger partial charge is 0.337 e. The lowest BCUT2D eigenvalue weighted by molar-refractivity contribution is 0.0697. The lowest BCUT2D eigenvalue weighted by atomic mass is 10.2. The van der Waals surface area contributed by atoms with Gasteiger partial charge in [0.05, 0.1) is 12.7 Å². The van der Waals surface area contributed by atoms with Gasteiger partial charge in [0.2, 0.25) is 0 Å². The van der Waals surface area contributed by atoms with E-state index in [0.29, 0.717) is 12.1 Å². The molecule has 0 unspecified atom stereocenters. The first-order valence-corrected chi connectivity index (χ1v) is 5.21. The molecule has 0 saturated carbocycles. The van der Waals surface area contributed by atoms with Crippen LogP contribution in [-0.2, 0) is 6.54 Å². The van der Waals surface area contributed by atoms with E-state index < -0.39 is 5.97 Å². The number of aromatic carboxylic acids is 1. The number of nitrogens with zero attached hydrogens (tertiary/aromatic N) is 1. The fraction of sp³-hybridized carbons (Fsp3) is 0.154. The van der Waals surface area contributed by atoms with Gasteiger partial charge in [0.15, 0.2) is 0 Å². The molecule has 0 aliphatic rings. The van der Waals surface area contributed by atoms with Crippen LogP contribution < -0.4 is 4.74 Å². The largest absolute Gasteiger partial charge is 0.497 e. The predicted octanol–water partition coefficient (Wildman–Crippen LogP) is 2.24. The highest BCUT2D eigenvalue weighted by atomic mass is 16.5. The van der Waals surface area contributed by atoms with Crippen molar-refractivity contribution >= 4 is 5.97 Å². The number of carboxylic acid groups (broad SMARTS) is 1. The number of hydrogen-bond donors (Lipinski definition) is 1. The standard InChI is InChI=1S/C13H13NO3/c1-17-12-4-2-10(3-5-12)8-14-7-6-11(9-14)13(15)16/h2-7,9H,8H2,1H3,(H,15,16). The second-order valence-corrected chi connectivity index (χ2v) is 3.73. The van der Waals surface area contributed by atoms with Gasteiger partial charge in [-0.3, -0.25) is 0 Å². The molecule has 2 aromatic rings. The lowest BCUT2D eigenvalue weighted by Crippen LogP contribution is -1.98. The van der Waals surface area contributed by atoms with E-state index in [9.17, 15) is 4.79 Å². The Labute approximate surface area is 99.1 Å². The molecular formula is C13H13NO3. The second-order valence-electron chi connectivity index (χ2n) is 3.73. The molecule has 88 valence electrons. The van der Waals surface area contributed by atoms with E-state index in [-0.39, 0.29) is 0 Å². The van der Waals surface area contributed by atoms with Crippen molar-refractivity contribution in [1.29, 1.82) is 0 Å². The monoisotopic (exact) mass is 231 g/mol. The van der Waals surface area contributed by atoms with Crippen LogP contribution in [0.15, 0.2) is 42.7 Å². The molecule has 1 heterocycles. The van der Waals surface area contributed by atoms with E-state index in [4.69, 9.17) is 9.84 Å². The number of methoxy groups -OCH3 is 1. The molecule has 1 aromatic carbocycles. The predicted molar refractivity (Wildman–Crippen MR) is 63.5 cm³/mol. The zero-order valence-electron chi connectivity index (χ0n) is 9.46. The molecule has 1 aromatic heterocycles. The number of aromatic nitrogens is 1. The van der Waals surface area contributed by atoms with Crippen LogP contribution >= 0.6 is 0 Å². The maximum Gasteiger partial charge on any atom is 0.337 e. The fourth-order valence-corrected chi connectivity index (χ4v) is 1.61. The van der Waals surface area contributed by atoms with Gasteiger partial charge >= 0.3 is 5.97 Å². The lowest BCUT2D eigenvalue weighted by Gasteiger charge is -2.04. The molecule has 0 radical (unpaired) electrons. The Morgan fingerprint density at radius 2 is 2.00 bits per heavy atom. The van der Waals surface area contributed by atoms with Gasteiger partial charge in [0, 0.05) is 18.9 Å². The van der Waals surface area contributed by atoms with Crippen LogP contribution in [0, 0.1) is 0 Å². The molecule has 2 rings (SSSR count). The average Bonchev–Trinajstić information content (AvgIpc) is 2.79. The van der Waals surface area contributed by atoms with E-state index in [2.05, 4.69) is 0 Å². The summed E-state index contributed by atoms with van der Waals surface area (Å²) in [6.07, 6.45) is 3.38. The summed E-state index contributed by atoms with van der Waals surface area (Å²) in [7, 11) is 1.63. The van der Waals surface area contributed by atoms with Crippen molar-refractivity contribution in [1.82, 2.24) is 4.57 Å². The molecule has 0 aliphatic heterocycles. The Kier molecular flexibility index (Phi) is 3.14. The molecule has 4 nitrogen and oxygen atoms in total.